The van der Waals surface area contributed by atoms with Crippen LogP contribution in [0, 0.1) is 11.3 Å². The summed E-state index contributed by atoms with van der Waals surface area (Å²) in [7, 11) is 1.67. The molecule has 0 spiro atoms. The molecule has 2 atom stereocenters. The van der Waals surface area contributed by atoms with Crippen LogP contribution in [0.5, 0.6) is 0 Å². The topological polar surface area (TPSA) is 109 Å². The maximum absolute atomic E-state index is 12.4. The van der Waals surface area contributed by atoms with E-state index in [2.05, 4.69) is 16.7 Å². The molecule has 1 fully saturated rings. The molecule has 1 saturated heterocycles. The number of ether oxygens (including phenoxy) is 1. The molecule has 2 heterocycles. The van der Waals surface area contributed by atoms with E-state index in [0.717, 1.165) is 35.2 Å². The van der Waals surface area contributed by atoms with E-state index in [4.69, 9.17) is 9.15 Å². The molecule has 2 aromatic carbocycles. The summed E-state index contributed by atoms with van der Waals surface area (Å²) in [4.78, 5) is 24.1. The van der Waals surface area contributed by atoms with E-state index in [1.807, 2.05) is 36.4 Å². The number of carbonyl (C=O) groups excluding carboxylic acids is 1. The summed E-state index contributed by atoms with van der Waals surface area (Å²) in [5, 5.41) is 15.4. The number of benzene rings is 2. The number of oxazole rings is 1. The summed E-state index contributed by atoms with van der Waals surface area (Å²) in [5.74, 6) is -0.659. The van der Waals surface area contributed by atoms with Gasteiger partial charge in [-0.3, -0.25) is 9.36 Å². The van der Waals surface area contributed by atoms with Crippen molar-refractivity contribution in [2.75, 3.05) is 19.7 Å². The highest BCUT2D eigenvalue weighted by Crippen LogP contribution is 2.24. The normalized spacial score (nSPS) is 17.6. The number of fused-ring (bicyclic) bond motifs is 1. The van der Waals surface area contributed by atoms with Gasteiger partial charge in [-0.1, -0.05) is 30.3 Å². The van der Waals surface area contributed by atoms with E-state index in [-0.39, 0.29) is 5.91 Å². The Morgan fingerprint density at radius 3 is 2.84 bits per heavy atom. The van der Waals surface area contributed by atoms with Crippen LogP contribution in [0.15, 0.2) is 51.7 Å². The minimum atomic E-state index is -0.637. The number of aromatic nitrogens is 1. The van der Waals surface area contributed by atoms with E-state index < -0.39 is 17.9 Å². The lowest BCUT2D eigenvalue weighted by Crippen LogP contribution is -2.46. The van der Waals surface area contributed by atoms with Gasteiger partial charge in [-0.15, -0.1) is 0 Å². The van der Waals surface area contributed by atoms with E-state index in [1.54, 1.807) is 13.1 Å². The SMILES string of the molecule is Cn1c(=O)oc2ccc(-c3ccc(C[C@H](C#N)NC(=O)[C@H]4CNCCCO4)cc3)cc21. The molecule has 1 aromatic heterocycles. The Kier molecular flexibility index (Phi) is 6.16. The first-order valence-corrected chi connectivity index (χ1v) is 10.3. The van der Waals surface area contributed by atoms with E-state index in [9.17, 15) is 14.9 Å². The van der Waals surface area contributed by atoms with Gasteiger partial charge in [0.1, 0.15) is 12.1 Å². The van der Waals surface area contributed by atoms with Crippen LogP contribution >= 0.6 is 0 Å². The van der Waals surface area contributed by atoms with Crippen LogP contribution in [-0.2, 0) is 23.0 Å². The van der Waals surface area contributed by atoms with Crippen molar-refractivity contribution in [1.82, 2.24) is 15.2 Å². The van der Waals surface area contributed by atoms with Gasteiger partial charge in [-0.2, -0.15) is 5.26 Å². The lowest BCUT2D eigenvalue weighted by Gasteiger charge is -2.18. The molecule has 8 heteroatoms. The van der Waals surface area contributed by atoms with E-state index >= 15 is 0 Å². The molecule has 8 nitrogen and oxygen atoms in total. The highest BCUT2D eigenvalue weighted by Gasteiger charge is 2.23. The zero-order chi connectivity index (χ0) is 21.8. The van der Waals surface area contributed by atoms with Gasteiger partial charge in [0.2, 0.25) is 0 Å². The largest absolute Gasteiger partial charge is 0.419 e. The number of hydrogen-bond donors (Lipinski definition) is 2. The van der Waals surface area contributed by atoms with Crippen molar-refractivity contribution in [3.8, 4) is 17.2 Å². The minimum absolute atomic E-state index is 0.267. The van der Waals surface area contributed by atoms with Gasteiger partial charge in [0.05, 0.1) is 11.6 Å². The molecule has 0 unspecified atom stereocenters. The van der Waals surface area contributed by atoms with Crippen molar-refractivity contribution in [1.29, 1.82) is 5.26 Å². The Morgan fingerprint density at radius 1 is 1.29 bits per heavy atom. The van der Waals surface area contributed by atoms with Gasteiger partial charge in [0.25, 0.3) is 5.91 Å². The highest BCUT2D eigenvalue weighted by molar-refractivity contribution is 5.82. The molecule has 3 aromatic rings. The molecule has 160 valence electrons. The average molecular weight is 420 g/mol. The van der Waals surface area contributed by atoms with Crippen LogP contribution in [0.4, 0.5) is 0 Å². The smallest absolute Gasteiger partial charge is 0.408 e. The van der Waals surface area contributed by atoms with Gasteiger partial charge in [-0.25, -0.2) is 4.79 Å². The maximum Gasteiger partial charge on any atom is 0.419 e. The van der Waals surface area contributed by atoms with Crippen molar-refractivity contribution in [2.45, 2.75) is 25.0 Å². The summed E-state index contributed by atoms with van der Waals surface area (Å²) >= 11 is 0. The fraction of sp³-hybridized carbons (Fsp3) is 0.348. The Hall–Kier alpha value is -3.41. The zero-order valence-corrected chi connectivity index (χ0v) is 17.3. The second-order valence-electron chi connectivity index (χ2n) is 7.62. The number of carbonyl (C=O) groups is 1. The minimum Gasteiger partial charge on any atom is -0.408 e. The van der Waals surface area contributed by atoms with Crippen LogP contribution < -0.4 is 16.4 Å². The second-order valence-corrected chi connectivity index (χ2v) is 7.62. The molecule has 31 heavy (non-hydrogen) atoms. The molecule has 0 radical (unpaired) electrons. The fourth-order valence-electron chi connectivity index (χ4n) is 3.65. The molecular formula is C23H24N4O4. The van der Waals surface area contributed by atoms with Crippen LogP contribution in [-0.4, -0.2) is 42.3 Å². The molecule has 1 amide bonds. The third kappa shape index (κ3) is 4.68. The lowest BCUT2D eigenvalue weighted by molar-refractivity contribution is -0.132. The molecule has 0 aliphatic carbocycles. The van der Waals surface area contributed by atoms with Crippen LogP contribution in [0.1, 0.15) is 12.0 Å². The summed E-state index contributed by atoms with van der Waals surface area (Å²) in [6, 6.07) is 14.9. The van der Waals surface area contributed by atoms with Gasteiger partial charge in [0, 0.05) is 26.6 Å². The molecular weight excluding hydrogens is 396 g/mol. The number of amides is 1. The summed E-state index contributed by atoms with van der Waals surface area (Å²) in [5.41, 5.74) is 4.16. The van der Waals surface area contributed by atoms with E-state index in [1.165, 1.54) is 4.57 Å². The lowest BCUT2D eigenvalue weighted by atomic mass is 10.0. The number of hydrogen-bond acceptors (Lipinski definition) is 6. The first kappa shape index (κ1) is 20.8. The number of nitrogens with zero attached hydrogens (tertiary/aromatic N) is 2. The quantitative estimate of drug-likeness (QED) is 0.651. The predicted octanol–water partition coefficient (Wildman–Crippen LogP) is 1.73. The Labute approximate surface area is 179 Å². The van der Waals surface area contributed by atoms with Gasteiger partial charge in [-0.05, 0) is 41.8 Å². The molecule has 4 rings (SSSR count). The van der Waals surface area contributed by atoms with Gasteiger partial charge < -0.3 is 19.8 Å². The second kappa shape index (κ2) is 9.16. The first-order valence-electron chi connectivity index (χ1n) is 10.3. The number of aryl methyl sites for hydroxylation is 1. The monoisotopic (exact) mass is 420 g/mol. The Balaban J connectivity index is 1.43. The van der Waals surface area contributed by atoms with Gasteiger partial charge in [0.15, 0.2) is 5.58 Å². The third-order valence-electron chi connectivity index (χ3n) is 5.43. The summed E-state index contributed by atoms with van der Waals surface area (Å²) < 4.78 is 12.2. The van der Waals surface area contributed by atoms with E-state index in [0.29, 0.717) is 25.2 Å². The standard InChI is InChI=1S/C23H24N4O4/c1-27-19-12-17(7-8-20(19)31-23(27)29)16-5-3-15(4-6-16)11-18(13-24)26-22(28)21-14-25-9-2-10-30-21/h3-8,12,18,21,25H,2,9-11,14H2,1H3,(H,26,28)/t18-,21-/m1/s1. The Bertz CT molecular complexity index is 1160. The fourth-order valence-corrected chi connectivity index (χ4v) is 3.65. The molecule has 0 bridgehead atoms. The van der Waals surface area contributed by atoms with Crippen molar-refractivity contribution < 1.29 is 13.9 Å². The summed E-state index contributed by atoms with van der Waals surface area (Å²) in [6.07, 6.45) is 0.689. The van der Waals surface area contributed by atoms with Crippen LogP contribution in [0.25, 0.3) is 22.2 Å². The van der Waals surface area contributed by atoms with Crippen molar-refractivity contribution >= 4 is 17.0 Å². The summed E-state index contributed by atoms with van der Waals surface area (Å²) in [6.45, 7) is 1.80. The van der Waals surface area contributed by atoms with Crippen LogP contribution in [0.2, 0.25) is 0 Å². The molecule has 0 saturated carbocycles. The molecule has 1 aliphatic heterocycles. The van der Waals surface area contributed by atoms with Crippen molar-refractivity contribution in [3.05, 3.63) is 58.6 Å². The molecule has 2 N–H and O–H groups in total. The number of nitrogens with one attached hydrogen (secondary N) is 2. The Morgan fingerprint density at radius 2 is 2.06 bits per heavy atom. The molecule has 1 aliphatic rings. The van der Waals surface area contributed by atoms with Crippen molar-refractivity contribution in [2.24, 2.45) is 7.05 Å². The highest BCUT2D eigenvalue weighted by atomic mass is 16.5. The zero-order valence-electron chi connectivity index (χ0n) is 17.3. The third-order valence-corrected chi connectivity index (χ3v) is 5.43. The predicted molar refractivity (Wildman–Crippen MR) is 115 cm³/mol. The average Bonchev–Trinajstić information content (AvgIpc) is 2.96. The van der Waals surface area contributed by atoms with Crippen molar-refractivity contribution in [3.63, 3.8) is 0 Å². The maximum atomic E-state index is 12.4. The number of rotatable bonds is 5. The van der Waals surface area contributed by atoms with Gasteiger partial charge >= 0.3 is 5.76 Å². The van der Waals surface area contributed by atoms with Crippen LogP contribution in [0.3, 0.4) is 0 Å². The number of nitriles is 1. The first-order chi connectivity index (χ1) is 15.0.